The van der Waals surface area contributed by atoms with Crippen molar-refractivity contribution in [2.75, 3.05) is 32.8 Å². The van der Waals surface area contributed by atoms with E-state index >= 15 is 0 Å². The number of rotatable bonds is 13. The predicted octanol–water partition coefficient (Wildman–Crippen LogP) is 4.32. The normalized spacial score (nSPS) is 10.8. The van der Waals surface area contributed by atoms with Gasteiger partial charge in [-0.3, -0.25) is 9.59 Å². The van der Waals surface area contributed by atoms with Gasteiger partial charge in [-0.15, -0.1) is 0 Å². The van der Waals surface area contributed by atoms with E-state index in [1.165, 1.54) is 11.2 Å². The Bertz CT molecular complexity index is 981. The van der Waals surface area contributed by atoms with Crippen LogP contribution in [-0.2, 0) is 22.5 Å². The first-order valence-corrected chi connectivity index (χ1v) is 11.3. The lowest BCUT2D eigenvalue weighted by atomic mass is 10.1. The van der Waals surface area contributed by atoms with Gasteiger partial charge in [0, 0.05) is 26.3 Å². The Kier molecular flexibility index (Phi) is 9.32. The van der Waals surface area contributed by atoms with Gasteiger partial charge in [0.25, 0.3) is 5.91 Å². The highest BCUT2D eigenvalue weighted by Crippen LogP contribution is 2.13. The molecule has 0 aliphatic heterocycles. The van der Waals surface area contributed by atoms with Crippen molar-refractivity contribution in [1.82, 2.24) is 9.80 Å². The SMILES string of the molecule is CCOCCCN(CC(=O)N(CCc1ccccc1)Cc1ccc(C)o1)C(=O)c1ccco1. The van der Waals surface area contributed by atoms with Gasteiger partial charge in [0.1, 0.15) is 18.1 Å². The zero-order valence-electron chi connectivity index (χ0n) is 19.4. The second kappa shape index (κ2) is 12.6. The maximum atomic E-state index is 13.4. The Balaban J connectivity index is 1.71. The quantitative estimate of drug-likeness (QED) is 0.361. The van der Waals surface area contributed by atoms with Gasteiger partial charge in [-0.05, 0) is 56.5 Å². The molecule has 0 fully saturated rings. The third-order valence-electron chi connectivity index (χ3n) is 5.27. The number of benzene rings is 1. The zero-order valence-corrected chi connectivity index (χ0v) is 19.4. The fraction of sp³-hybridized carbons (Fsp3) is 0.385. The van der Waals surface area contributed by atoms with Crippen LogP contribution in [0, 0.1) is 6.92 Å². The van der Waals surface area contributed by atoms with E-state index in [0.717, 1.165) is 11.3 Å². The van der Waals surface area contributed by atoms with E-state index in [0.29, 0.717) is 51.4 Å². The Labute approximate surface area is 194 Å². The van der Waals surface area contributed by atoms with Crippen LogP contribution in [0.15, 0.2) is 69.7 Å². The van der Waals surface area contributed by atoms with Crippen LogP contribution >= 0.6 is 0 Å². The molecule has 7 heteroatoms. The van der Waals surface area contributed by atoms with Crippen LogP contribution in [0.25, 0.3) is 0 Å². The van der Waals surface area contributed by atoms with E-state index in [9.17, 15) is 9.59 Å². The summed E-state index contributed by atoms with van der Waals surface area (Å²) < 4.78 is 16.4. The van der Waals surface area contributed by atoms with Crippen molar-refractivity contribution >= 4 is 11.8 Å². The van der Waals surface area contributed by atoms with Crippen molar-refractivity contribution in [3.63, 3.8) is 0 Å². The van der Waals surface area contributed by atoms with E-state index in [1.54, 1.807) is 17.0 Å². The molecule has 0 aliphatic carbocycles. The highest BCUT2D eigenvalue weighted by molar-refractivity contribution is 5.94. The minimum absolute atomic E-state index is 0.0415. The largest absolute Gasteiger partial charge is 0.464 e. The molecule has 3 rings (SSSR count). The lowest BCUT2D eigenvalue weighted by Gasteiger charge is -2.27. The van der Waals surface area contributed by atoms with Gasteiger partial charge in [-0.2, -0.15) is 0 Å². The number of aryl methyl sites for hydroxylation is 1. The van der Waals surface area contributed by atoms with Gasteiger partial charge in [0.05, 0.1) is 12.8 Å². The minimum Gasteiger partial charge on any atom is -0.464 e. The topological polar surface area (TPSA) is 76.1 Å². The minimum atomic E-state index is -0.304. The molecule has 0 saturated heterocycles. The average Bonchev–Trinajstić information content (AvgIpc) is 3.50. The standard InChI is InChI=1S/C26H32N2O5/c1-3-31-17-8-15-28(26(30)24-11-7-18-32-24)20-25(29)27(19-23-13-12-21(2)33-23)16-14-22-9-5-4-6-10-22/h4-7,9-13,18H,3,8,14-17,19-20H2,1-2H3. The number of nitrogens with zero attached hydrogens (tertiary/aromatic N) is 2. The van der Waals surface area contributed by atoms with Gasteiger partial charge in [0.15, 0.2) is 5.76 Å². The number of ether oxygens (including phenoxy) is 1. The van der Waals surface area contributed by atoms with Crippen molar-refractivity contribution < 1.29 is 23.2 Å². The van der Waals surface area contributed by atoms with E-state index in [1.807, 2.05) is 56.3 Å². The highest BCUT2D eigenvalue weighted by Gasteiger charge is 2.24. The molecule has 2 aromatic heterocycles. The summed E-state index contributed by atoms with van der Waals surface area (Å²) in [6, 6.07) is 17.1. The molecule has 2 heterocycles. The summed E-state index contributed by atoms with van der Waals surface area (Å²) in [5.41, 5.74) is 1.14. The number of carbonyl (C=O) groups excluding carboxylic acids is 2. The van der Waals surface area contributed by atoms with Gasteiger partial charge in [-0.25, -0.2) is 0 Å². The first kappa shape index (κ1) is 24.3. The molecular formula is C26H32N2O5. The van der Waals surface area contributed by atoms with Crippen LogP contribution < -0.4 is 0 Å². The Morgan fingerprint density at radius 3 is 2.45 bits per heavy atom. The monoisotopic (exact) mass is 452 g/mol. The van der Waals surface area contributed by atoms with Gasteiger partial charge < -0.3 is 23.4 Å². The van der Waals surface area contributed by atoms with Crippen LogP contribution in [0.3, 0.4) is 0 Å². The second-order valence-electron chi connectivity index (χ2n) is 7.82. The van der Waals surface area contributed by atoms with Crippen molar-refractivity contribution in [2.45, 2.75) is 33.2 Å². The van der Waals surface area contributed by atoms with Crippen molar-refractivity contribution in [2.24, 2.45) is 0 Å². The fourth-order valence-corrected chi connectivity index (χ4v) is 3.53. The van der Waals surface area contributed by atoms with Crippen LogP contribution in [0.5, 0.6) is 0 Å². The third-order valence-corrected chi connectivity index (χ3v) is 5.27. The van der Waals surface area contributed by atoms with Crippen LogP contribution in [0.4, 0.5) is 0 Å². The molecular weight excluding hydrogens is 420 g/mol. The Hall–Kier alpha value is -3.32. The summed E-state index contributed by atoms with van der Waals surface area (Å²) in [7, 11) is 0. The molecule has 33 heavy (non-hydrogen) atoms. The van der Waals surface area contributed by atoms with Crippen molar-refractivity contribution in [3.8, 4) is 0 Å². The molecule has 3 aromatic rings. The molecule has 2 amide bonds. The van der Waals surface area contributed by atoms with E-state index < -0.39 is 0 Å². The third kappa shape index (κ3) is 7.64. The average molecular weight is 453 g/mol. The van der Waals surface area contributed by atoms with Crippen molar-refractivity contribution in [1.29, 1.82) is 0 Å². The van der Waals surface area contributed by atoms with E-state index in [4.69, 9.17) is 13.6 Å². The molecule has 0 N–H and O–H groups in total. The van der Waals surface area contributed by atoms with E-state index in [-0.39, 0.29) is 24.1 Å². The maximum absolute atomic E-state index is 13.4. The number of furan rings is 2. The smallest absolute Gasteiger partial charge is 0.290 e. The molecule has 0 spiro atoms. The van der Waals surface area contributed by atoms with Gasteiger partial charge in [0.2, 0.25) is 5.91 Å². The van der Waals surface area contributed by atoms with Crippen molar-refractivity contribution in [3.05, 3.63) is 83.7 Å². The molecule has 0 aliphatic rings. The first-order chi connectivity index (χ1) is 16.1. The summed E-state index contributed by atoms with van der Waals surface area (Å²) in [6.07, 6.45) is 2.80. The lowest BCUT2D eigenvalue weighted by Crippen LogP contribution is -2.43. The van der Waals surface area contributed by atoms with Crippen LogP contribution in [-0.4, -0.2) is 54.5 Å². The zero-order chi connectivity index (χ0) is 23.5. The molecule has 0 radical (unpaired) electrons. The van der Waals surface area contributed by atoms with Gasteiger partial charge >= 0.3 is 0 Å². The maximum Gasteiger partial charge on any atom is 0.290 e. The highest BCUT2D eigenvalue weighted by atomic mass is 16.5. The fourth-order valence-electron chi connectivity index (χ4n) is 3.53. The number of amides is 2. The predicted molar refractivity (Wildman–Crippen MR) is 125 cm³/mol. The van der Waals surface area contributed by atoms with Crippen LogP contribution in [0.1, 0.15) is 41.0 Å². The van der Waals surface area contributed by atoms with Crippen LogP contribution in [0.2, 0.25) is 0 Å². The lowest BCUT2D eigenvalue weighted by molar-refractivity contribution is -0.132. The molecule has 1 aromatic carbocycles. The van der Waals surface area contributed by atoms with E-state index in [2.05, 4.69) is 0 Å². The number of hydrogen-bond donors (Lipinski definition) is 0. The molecule has 176 valence electrons. The summed E-state index contributed by atoms with van der Waals surface area (Å²) in [5.74, 6) is 1.29. The number of carbonyl (C=O) groups is 2. The first-order valence-electron chi connectivity index (χ1n) is 11.3. The Morgan fingerprint density at radius 1 is 0.970 bits per heavy atom. The number of hydrogen-bond acceptors (Lipinski definition) is 5. The molecule has 0 unspecified atom stereocenters. The molecule has 0 atom stereocenters. The molecule has 0 bridgehead atoms. The summed E-state index contributed by atoms with van der Waals surface area (Å²) in [6.45, 7) is 6.16. The molecule has 0 saturated carbocycles. The summed E-state index contributed by atoms with van der Waals surface area (Å²) >= 11 is 0. The summed E-state index contributed by atoms with van der Waals surface area (Å²) in [5, 5.41) is 0. The molecule has 7 nitrogen and oxygen atoms in total. The Morgan fingerprint density at radius 2 is 1.79 bits per heavy atom. The van der Waals surface area contributed by atoms with Gasteiger partial charge in [-0.1, -0.05) is 30.3 Å². The second-order valence-corrected chi connectivity index (χ2v) is 7.82. The summed E-state index contributed by atoms with van der Waals surface area (Å²) in [4.78, 5) is 29.6.